The lowest BCUT2D eigenvalue weighted by Gasteiger charge is -2.46. The average Bonchev–Trinajstić information content (AvgIpc) is 2.65. The molecule has 2 aliphatic carbocycles. The highest BCUT2D eigenvalue weighted by Gasteiger charge is 2.39. The Morgan fingerprint density at radius 2 is 1.08 bits per heavy atom. The van der Waals surface area contributed by atoms with Gasteiger partial charge in [0.25, 0.3) is 0 Å². The van der Waals surface area contributed by atoms with E-state index >= 15 is 0 Å². The molecular formula is C24H46. The molecule has 0 amide bonds. The maximum atomic E-state index is 2.31. The molecule has 2 rings (SSSR count). The maximum absolute atomic E-state index is 2.31. The molecule has 0 radical (unpaired) electrons. The van der Waals surface area contributed by atoms with Gasteiger partial charge >= 0.3 is 0 Å². The van der Waals surface area contributed by atoms with E-state index in [1.165, 1.54) is 103 Å². The lowest BCUT2D eigenvalue weighted by molar-refractivity contribution is 0.0545. The molecule has 24 heavy (non-hydrogen) atoms. The summed E-state index contributed by atoms with van der Waals surface area (Å²) in [6.07, 6.45) is 31.9. The first-order valence-corrected chi connectivity index (χ1v) is 11.9. The quantitative estimate of drug-likeness (QED) is 0.313. The first-order chi connectivity index (χ1) is 11.9. The van der Waals surface area contributed by atoms with Gasteiger partial charge in [-0.05, 0) is 43.4 Å². The molecule has 0 spiro atoms. The van der Waals surface area contributed by atoms with Crippen LogP contribution in [0.5, 0.6) is 0 Å². The minimum absolute atomic E-state index is 0.790. The Labute approximate surface area is 153 Å². The van der Waals surface area contributed by atoms with Crippen LogP contribution in [0.3, 0.4) is 0 Å². The van der Waals surface area contributed by atoms with Crippen molar-refractivity contribution >= 4 is 0 Å². The Kier molecular flexibility index (Phi) is 10.5. The highest BCUT2D eigenvalue weighted by atomic mass is 14.4. The van der Waals surface area contributed by atoms with Gasteiger partial charge in [-0.15, -0.1) is 0 Å². The Morgan fingerprint density at radius 1 is 0.583 bits per heavy atom. The standard InChI is InChI=1S/C24H46/c1-2-3-4-5-6-7-8-9-10-15-20-24(21-16-12-17-22-24)23-18-13-11-14-19-23/h23H,2-22H2,1H3. The largest absolute Gasteiger partial charge is 0.0654 e. The van der Waals surface area contributed by atoms with Crippen LogP contribution in [0.2, 0.25) is 0 Å². The van der Waals surface area contributed by atoms with Crippen LogP contribution in [0.25, 0.3) is 0 Å². The van der Waals surface area contributed by atoms with Crippen molar-refractivity contribution in [2.45, 2.75) is 142 Å². The number of hydrogen-bond acceptors (Lipinski definition) is 0. The fraction of sp³-hybridized carbons (Fsp3) is 1.00. The van der Waals surface area contributed by atoms with E-state index in [1.54, 1.807) is 32.1 Å². The first-order valence-electron chi connectivity index (χ1n) is 11.9. The molecule has 0 heterocycles. The summed E-state index contributed by atoms with van der Waals surface area (Å²) < 4.78 is 0. The first kappa shape index (κ1) is 20.3. The molecule has 0 saturated heterocycles. The van der Waals surface area contributed by atoms with Crippen molar-refractivity contribution in [3.8, 4) is 0 Å². The van der Waals surface area contributed by atoms with E-state index < -0.39 is 0 Å². The van der Waals surface area contributed by atoms with Gasteiger partial charge < -0.3 is 0 Å². The number of hydrogen-bond donors (Lipinski definition) is 0. The monoisotopic (exact) mass is 334 g/mol. The molecule has 0 bridgehead atoms. The lowest BCUT2D eigenvalue weighted by atomic mass is 9.59. The van der Waals surface area contributed by atoms with Crippen molar-refractivity contribution in [1.82, 2.24) is 0 Å². The van der Waals surface area contributed by atoms with E-state index in [4.69, 9.17) is 0 Å². The summed E-state index contributed by atoms with van der Waals surface area (Å²) in [4.78, 5) is 0. The zero-order chi connectivity index (χ0) is 16.9. The van der Waals surface area contributed by atoms with Gasteiger partial charge in [-0.25, -0.2) is 0 Å². The van der Waals surface area contributed by atoms with Crippen molar-refractivity contribution in [1.29, 1.82) is 0 Å². The van der Waals surface area contributed by atoms with Crippen LogP contribution in [0, 0.1) is 11.3 Å². The summed E-state index contributed by atoms with van der Waals surface area (Å²) in [5, 5.41) is 0. The third-order valence-electron chi connectivity index (χ3n) is 7.35. The third-order valence-corrected chi connectivity index (χ3v) is 7.35. The van der Waals surface area contributed by atoms with E-state index in [9.17, 15) is 0 Å². The second kappa shape index (κ2) is 12.4. The van der Waals surface area contributed by atoms with Gasteiger partial charge in [-0.2, -0.15) is 0 Å². The van der Waals surface area contributed by atoms with Gasteiger partial charge in [0.15, 0.2) is 0 Å². The molecule has 0 unspecified atom stereocenters. The van der Waals surface area contributed by atoms with Gasteiger partial charge in [0.1, 0.15) is 0 Å². The van der Waals surface area contributed by atoms with Gasteiger partial charge in [0, 0.05) is 0 Å². The van der Waals surface area contributed by atoms with E-state index in [1.807, 2.05) is 0 Å². The molecule has 0 aliphatic heterocycles. The molecule has 2 fully saturated rings. The Morgan fingerprint density at radius 3 is 1.67 bits per heavy atom. The molecule has 0 N–H and O–H groups in total. The van der Waals surface area contributed by atoms with Crippen LogP contribution < -0.4 is 0 Å². The summed E-state index contributed by atoms with van der Waals surface area (Å²) in [6.45, 7) is 2.31. The number of rotatable bonds is 12. The topological polar surface area (TPSA) is 0 Å². The Balaban J connectivity index is 1.57. The van der Waals surface area contributed by atoms with Crippen LogP contribution in [0.1, 0.15) is 142 Å². The molecule has 0 aromatic carbocycles. The Hall–Kier alpha value is 0. The zero-order valence-electron chi connectivity index (χ0n) is 16.9. The van der Waals surface area contributed by atoms with Gasteiger partial charge in [-0.3, -0.25) is 0 Å². The van der Waals surface area contributed by atoms with Gasteiger partial charge in [0.2, 0.25) is 0 Å². The molecule has 0 heteroatoms. The zero-order valence-corrected chi connectivity index (χ0v) is 16.9. The smallest absolute Gasteiger partial charge is 0.0269 e. The molecule has 0 atom stereocenters. The van der Waals surface area contributed by atoms with Crippen molar-refractivity contribution in [3.05, 3.63) is 0 Å². The normalized spacial score (nSPS) is 21.9. The van der Waals surface area contributed by atoms with E-state index in [0.29, 0.717) is 0 Å². The predicted molar refractivity (Wildman–Crippen MR) is 109 cm³/mol. The van der Waals surface area contributed by atoms with Crippen molar-refractivity contribution in [2.75, 3.05) is 0 Å². The van der Waals surface area contributed by atoms with Crippen LogP contribution >= 0.6 is 0 Å². The fourth-order valence-electron chi connectivity index (χ4n) is 5.80. The molecule has 142 valence electrons. The van der Waals surface area contributed by atoms with Crippen molar-refractivity contribution in [3.63, 3.8) is 0 Å². The minimum atomic E-state index is 0.790. The van der Waals surface area contributed by atoms with Crippen molar-refractivity contribution < 1.29 is 0 Å². The van der Waals surface area contributed by atoms with E-state index in [-0.39, 0.29) is 0 Å². The molecule has 0 aromatic rings. The predicted octanol–water partition coefficient (Wildman–Crippen LogP) is 8.83. The van der Waals surface area contributed by atoms with Gasteiger partial charge in [-0.1, -0.05) is 110 Å². The molecule has 2 saturated carbocycles. The highest BCUT2D eigenvalue weighted by Crippen LogP contribution is 2.51. The van der Waals surface area contributed by atoms with Crippen LogP contribution in [-0.2, 0) is 0 Å². The summed E-state index contributed by atoms with van der Waals surface area (Å²) in [5.74, 6) is 1.10. The second-order valence-corrected chi connectivity index (χ2v) is 9.19. The summed E-state index contributed by atoms with van der Waals surface area (Å²) in [5.41, 5.74) is 0.790. The number of unbranched alkanes of at least 4 members (excludes halogenated alkanes) is 9. The summed E-state index contributed by atoms with van der Waals surface area (Å²) in [6, 6.07) is 0. The summed E-state index contributed by atoms with van der Waals surface area (Å²) >= 11 is 0. The molecule has 2 aliphatic rings. The van der Waals surface area contributed by atoms with Gasteiger partial charge in [0.05, 0.1) is 0 Å². The van der Waals surface area contributed by atoms with E-state index in [0.717, 1.165) is 11.3 Å². The molecule has 0 aromatic heterocycles. The second-order valence-electron chi connectivity index (χ2n) is 9.19. The van der Waals surface area contributed by atoms with Crippen LogP contribution in [0.4, 0.5) is 0 Å². The Bertz CT molecular complexity index is 280. The van der Waals surface area contributed by atoms with Crippen LogP contribution in [-0.4, -0.2) is 0 Å². The molecular weight excluding hydrogens is 288 g/mol. The SMILES string of the molecule is CCCCCCCCCCCCC1(C2CCCCC2)CCCCC1. The summed E-state index contributed by atoms with van der Waals surface area (Å²) in [7, 11) is 0. The lowest BCUT2D eigenvalue weighted by Crippen LogP contribution is -2.34. The third kappa shape index (κ3) is 7.09. The maximum Gasteiger partial charge on any atom is -0.0269 e. The van der Waals surface area contributed by atoms with E-state index in [2.05, 4.69) is 6.92 Å². The van der Waals surface area contributed by atoms with Crippen molar-refractivity contribution in [2.24, 2.45) is 11.3 Å². The minimum Gasteiger partial charge on any atom is -0.0654 e. The highest BCUT2D eigenvalue weighted by molar-refractivity contribution is 4.90. The molecule has 0 nitrogen and oxygen atoms in total. The van der Waals surface area contributed by atoms with Crippen LogP contribution in [0.15, 0.2) is 0 Å². The fourth-order valence-corrected chi connectivity index (χ4v) is 5.80. The average molecular weight is 335 g/mol.